The van der Waals surface area contributed by atoms with Crippen LogP contribution < -0.4 is 16.1 Å². The van der Waals surface area contributed by atoms with Gasteiger partial charge in [0.15, 0.2) is 0 Å². The average Bonchev–Trinajstić information content (AvgIpc) is 2.94. The van der Waals surface area contributed by atoms with E-state index in [9.17, 15) is 14.0 Å². The lowest BCUT2D eigenvalue weighted by molar-refractivity contribution is 0.0956. The van der Waals surface area contributed by atoms with Gasteiger partial charge in [-0.05, 0) is 73.1 Å². The summed E-state index contributed by atoms with van der Waals surface area (Å²) in [6, 6.07) is 17.9. The molecule has 0 fully saturated rings. The molecular weight excluding hydrogens is 581 g/mol. The summed E-state index contributed by atoms with van der Waals surface area (Å²) in [5.74, 6) is -1.32. The second kappa shape index (κ2) is 16.6. The van der Waals surface area contributed by atoms with Crippen LogP contribution in [0.1, 0.15) is 38.3 Å². The van der Waals surface area contributed by atoms with Crippen molar-refractivity contribution in [1.82, 2.24) is 15.6 Å². The van der Waals surface area contributed by atoms with E-state index in [-0.39, 0.29) is 24.7 Å². The number of anilines is 1. The molecule has 0 aliphatic carbocycles. The molecular formula is C29H33BrFN5O4. The maximum Gasteiger partial charge on any atom is 0.273 e. The van der Waals surface area contributed by atoms with Crippen molar-refractivity contribution < 1.29 is 24.2 Å². The number of nitrogens with one attached hydrogen (secondary N) is 3. The molecule has 0 heterocycles. The lowest BCUT2D eigenvalue weighted by Crippen LogP contribution is -2.32. The van der Waals surface area contributed by atoms with Crippen LogP contribution in [0.25, 0.3) is 0 Å². The van der Waals surface area contributed by atoms with Crippen molar-refractivity contribution in [2.45, 2.75) is 13.0 Å². The molecule has 0 spiro atoms. The Hall–Kier alpha value is -3.48. The first-order valence-corrected chi connectivity index (χ1v) is 13.6. The lowest BCUT2D eigenvalue weighted by atomic mass is 10.1. The zero-order chi connectivity index (χ0) is 28.7. The topological polar surface area (TPSA) is 126 Å². The third-order valence-electron chi connectivity index (χ3n) is 5.91. The smallest absolute Gasteiger partial charge is 0.273 e. The monoisotopic (exact) mass is 613 g/mol. The van der Waals surface area contributed by atoms with E-state index in [1.54, 1.807) is 42.5 Å². The van der Waals surface area contributed by atoms with Gasteiger partial charge in [0.05, 0.1) is 30.7 Å². The molecule has 0 unspecified atom stereocenters. The summed E-state index contributed by atoms with van der Waals surface area (Å²) < 4.78 is 14.0. The zero-order valence-electron chi connectivity index (χ0n) is 21.9. The van der Waals surface area contributed by atoms with E-state index in [2.05, 4.69) is 37.1 Å². The highest BCUT2D eigenvalue weighted by Crippen LogP contribution is 2.22. The van der Waals surface area contributed by atoms with Crippen LogP contribution in [-0.4, -0.2) is 72.5 Å². The predicted molar refractivity (Wildman–Crippen MR) is 157 cm³/mol. The summed E-state index contributed by atoms with van der Waals surface area (Å²) in [6.45, 7) is 3.41. The SMILES string of the molecule is O=C(Nc1ccc(Br)cc1C(=O)N/N=C/c1cccc(F)c1)c1ccc(CNCCCN(CCO)CCO)cc1. The van der Waals surface area contributed by atoms with Gasteiger partial charge in [-0.25, -0.2) is 9.82 Å². The van der Waals surface area contributed by atoms with Crippen LogP contribution in [0, 0.1) is 5.82 Å². The number of hydrogen-bond acceptors (Lipinski definition) is 7. The van der Waals surface area contributed by atoms with Crippen LogP contribution in [-0.2, 0) is 6.54 Å². The second-order valence-electron chi connectivity index (χ2n) is 8.91. The largest absolute Gasteiger partial charge is 0.395 e. The number of aliphatic hydroxyl groups excluding tert-OH is 2. The molecule has 0 aromatic heterocycles. The molecule has 11 heteroatoms. The number of carbonyl (C=O) groups excluding carboxylic acids is 2. The summed E-state index contributed by atoms with van der Waals surface area (Å²) in [6.07, 6.45) is 2.20. The van der Waals surface area contributed by atoms with Gasteiger partial charge in [0, 0.05) is 29.7 Å². The van der Waals surface area contributed by atoms with E-state index in [1.807, 2.05) is 17.0 Å². The normalized spacial score (nSPS) is 11.2. The molecule has 40 heavy (non-hydrogen) atoms. The van der Waals surface area contributed by atoms with Gasteiger partial charge in [-0.2, -0.15) is 5.10 Å². The van der Waals surface area contributed by atoms with Crippen LogP contribution >= 0.6 is 15.9 Å². The maximum absolute atomic E-state index is 13.3. The predicted octanol–water partition coefficient (Wildman–Crippen LogP) is 3.37. The average molecular weight is 615 g/mol. The van der Waals surface area contributed by atoms with Gasteiger partial charge in [0.2, 0.25) is 0 Å². The molecule has 3 rings (SSSR count). The number of nitrogens with zero attached hydrogens (tertiary/aromatic N) is 2. The van der Waals surface area contributed by atoms with Crippen molar-refractivity contribution in [2.75, 3.05) is 44.7 Å². The van der Waals surface area contributed by atoms with E-state index >= 15 is 0 Å². The lowest BCUT2D eigenvalue weighted by Gasteiger charge is -2.19. The number of halogens is 2. The maximum atomic E-state index is 13.3. The van der Waals surface area contributed by atoms with Gasteiger partial charge in [-0.1, -0.05) is 40.2 Å². The van der Waals surface area contributed by atoms with Gasteiger partial charge < -0.3 is 20.8 Å². The number of amides is 2. The van der Waals surface area contributed by atoms with Crippen molar-refractivity contribution in [3.05, 3.63) is 99.3 Å². The van der Waals surface area contributed by atoms with E-state index < -0.39 is 11.7 Å². The van der Waals surface area contributed by atoms with Gasteiger partial charge >= 0.3 is 0 Å². The molecule has 5 N–H and O–H groups in total. The second-order valence-corrected chi connectivity index (χ2v) is 9.83. The summed E-state index contributed by atoms with van der Waals surface area (Å²) in [5, 5.41) is 28.2. The highest BCUT2D eigenvalue weighted by molar-refractivity contribution is 9.10. The quantitative estimate of drug-likeness (QED) is 0.102. The standard InChI is InChI=1S/C29H33BrFN5O4/c30-24-9-10-27(26(18-24)29(40)35-33-20-22-3-1-4-25(31)17-22)34-28(39)23-7-5-21(6-8-23)19-32-11-2-12-36(13-15-37)14-16-38/h1,3-10,17-18,20,32,37-38H,2,11-16,19H2,(H,34,39)(H,35,40)/b33-20+. The fourth-order valence-corrected chi connectivity index (χ4v) is 4.23. The Labute approximate surface area is 241 Å². The molecule has 9 nitrogen and oxygen atoms in total. The van der Waals surface area contributed by atoms with Gasteiger partial charge in [-0.3, -0.25) is 14.5 Å². The van der Waals surface area contributed by atoms with Gasteiger partial charge in [0.25, 0.3) is 11.8 Å². The Morgan fingerprint density at radius 2 is 1.70 bits per heavy atom. The first kappa shape index (κ1) is 31.1. The minimum absolute atomic E-state index is 0.0657. The van der Waals surface area contributed by atoms with Crippen LogP contribution in [0.15, 0.2) is 76.3 Å². The van der Waals surface area contributed by atoms with Gasteiger partial charge in [-0.15, -0.1) is 0 Å². The van der Waals surface area contributed by atoms with Crippen molar-refractivity contribution in [2.24, 2.45) is 5.10 Å². The third-order valence-corrected chi connectivity index (χ3v) is 6.40. The Morgan fingerprint density at radius 3 is 2.40 bits per heavy atom. The molecule has 0 radical (unpaired) electrons. The van der Waals surface area contributed by atoms with Crippen LogP contribution in [0.5, 0.6) is 0 Å². The molecule has 0 aliphatic rings. The van der Waals surface area contributed by atoms with E-state index in [1.165, 1.54) is 18.3 Å². The summed E-state index contributed by atoms with van der Waals surface area (Å²) in [7, 11) is 0. The highest BCUT2D eigenvalue weighted by atomic mass is 79.9. The molecule has 2 amide bonds. The Balaban J connectivity index is 1.53. The van der Waals surface area contributed by atoms with Crippen LogP contribution in [0.2, 0.25) is 0 Å². The highest BCUT2D eigenvalue weighted by Gasteiger charge is 2.15. The van der Waals surface area contributed by atoms with Crippen molar-refractivity contribution in [3.63, 3.8) is 0 Å². The van der Waals surface area contributed by atoms with Crippen molar-refractivity contribution >= 4 is 39.6 Å². The van der Waals surface area contributed by atoms with Crippen molar-refractivity contribution in [3.8, 4) is 0 Å². The molecule has 3 aromatic rings. The van der Waals surface area contributed by atoms with Gasteiger partial charge in [0.1, 0.15) is 5.82 Å². The van der Waals surface area contributed by atoms with Crippen LogP contribution in [0.4, 0.5) is 10.1 Å². The Morgan fingerprint density at radius 1 is 0.950 bits per heavy atom. The zero-order valence-corrected chi connectivity index (χ0v) is 23.5. The number of carbonyl (C=O) groups is 2. The molecule has 0 saturated carbocycles. The third kappa shape index (κ3) is 10.2. The molecule has 0 atom stereocenters. The van der Waals surface area contributed by atoms with Crippen molar-refractivity contribution in [1.29, 1.82) is 0 Å². The molecule has 0 bridgehead atoms. The number of hydrogen-bond donors (Lipinski definition) is 5. The number of rotatable bonds is 15. The molecule has 3 aromatic carbocycles. The summed E-state index contributed by atoms with van der Waals surface area (Å²) in [5.41, 5.74) is 4.86. The molecule has 0 saturated heterocycles. The fourth-order valence-electron chi connectivity index (χ4n) is 3.87. The van der Waals surface area contributed by atoms with E-state index in [0.717, 1.165) is 25.1 Å². The first-order valence-electron chi connectivity index (χ1n) is 12.8. The van der Waals surface area contributed by atoms with Crippen LogP contribution in [0.3, 0.4) is 0 Å². The molecule has 0 aliphatic heterocycles. The minimum Gasteiger partial charge on any atom is -0.395 e. The summed E-state index contributed by atoms with van der Waals surface area (Å²) >= 11 is 3.35. The Kier molecular flexibility index (Phi) is 12.9. The number of hydrazone groups is 1. The fraction of sp³-hybridized carbons (Fsp3) is 0.276. The first-order chi connectivity index (χ1) is 19.4. The summed E-state index contributed by atoms with van der Waals surface area (Å²) in [4.78, 5) is 27.7. The number of aliphatic hydroxyl groups is 2. The number of benzene rings is 3. The minimum atomic E-state index is -0.540. The Bertz CT molecular complexity index is 1280. The van der Waals surface area contributed by atoms with E-state index in [4.69, 9.17) is 10.2 Å². The van der Waals surface area contributed by atoms with E-state index in [0.29, 0.717) is 40.9 Å². The molecule has 212 valence electrons.